The molecule has 0 bridgehead atoms. The van der Waals surface area contributed by atoms with Crippen LogP contribution in [-0.4, -0.2) is 117 Å². The Kier molecular flexibility index (Phi) is 6.87. The fourth-order valence-electron chi connectivity index (χ4n) is 2.61. The molecule has 24 heavy (non-hydrogen) atoms. The van der Waals surface area contributed by atoms with E-state index in [2.05, 4.69) is 0 Å². The summed E-state index contributed by atoms with van der Waals surface area (Å²) in [5.41, 5.74) is 0. The first-order valence-corrected chi connectivity index (χ1v) is 7.45. The first-order valence-electron chi connectivity index (χ1n) is 7.45. The van der Waals surface area contributed by atoms with Crippen molar-refractivity contribution in [3.8, 4) is 0 Å². The van der Waals surface area contributed by atoms with E-state index in [-0.39, 0.29) is 6.61 Å². The van der Waals surface area contributed by atoms with E-state index >= 15 is 0 Å². The highest BCUT2D eigenvalue weighted by atomic mass is 16.7. The van der Waals surface area contributed by atoms with Crippen LogP contribution in [0.1, 0.15) is 0 Å². The normalized spacial score (nSPS) is 50.0. The number of methoxy groups -OCH3 is 1. The van der Waals surface area contributed by atoms with Crippen LogP contribution in [0.2, 0.25) is 0 Å². The van der Waals surface area contributed by atoms with E-state index in [4.69, 9.17) is 18.9 Å². The maximum Gasteiger partial charge on any atom is 0.186 e. The van der Waals surface area contributed by atoms with Gasteiger partial charge in [0.15, 0.2) is 12.6 Å². The third-order valence-corrected chi connectivity index (χ3v) is 4.11. The van der Waals surface area contributed by atoms with Crippen LogP contribution in [0.4, 0.5) is 0 Å². The maximum absolute atomic E-state index is 9.89. The molecule has 0 aliphatic carbocycles. The van der Waals surface area contributed by atoms with Gasteiger partial charge in [0, 0.05) is 7.11 Å². The van der Waals surface area contributed by atoms with Crippen LogP contribution in [-0.2, 0) is 18.9 Å². The molecule has 11 heteroatoms. The monoisotopic (exact) mass is 356 g/mol. The van der Waals surface area contributed by atoms with Crippen LogP contribution < -0.4 is 0 Å². The number of hydrogen-bond donors (Lipinski definition) is 7. The Morgan fingerprint density at radius 2 is 1.21 bits per heavy atom. The number of hydrogen-bond acceptors (Lipinski definition) is 11. The van der Waals surface area contributed by atoms with E-state index in [1.807, 2.05) is 0 Å². The molecule has 10 unspecified atom stereocenters. The van der Waals surface area contributed by atoms with Gasteiger partial charge >= 0.3 is 0 Å². The minimum atomic E-state index is -1.72. The van der Waals surface area contributed by atoms with Crippen LogP contribution in [0.25, 0.3) is 0 Å². The van der Waals surface area contributed by atoms with Gasteiger partial charge in [0.2, 0.25) is 0 Å². The third kappa shape index (κ3) is 4.03. The van der Waals surface area contributed by atoms with Crippen molar-refractivity contribution >= 4 is 0 Å². The second kappa shape index (κ2) is 8.29. The summed E-state index contributed by atoms with van der Waals surface area (Å²) in [5.74, 6) is 0. The quantitative estimate of drug-likeness (QED) is 0.251. The summed E-state index contributed by atoms with van der Waals surface area (Å²) < 4.78 is 20.3. The molecule has 0 aromatic heterocycles. The maximum atomic E-state index is 9.89. The van der Waals surface area contributed by atoms with Crippen LogP contribution in [0.3, 0.4) is 0 Å². The average molecular weight is 356 g/mol. The average Bonchev–Trinajstić information content (AvgIpc) is 2.56. The van der Waals surface area contributed by atoms with Crippen molar-refractivity contribution in [2.75, 3.05) is 20.3 Å². The Morgan fingerprint density at radius 1 is 0.667 bits per heavy atom. The fraction of sp³-hybridized carbons (Fsp3) is 1.00. The Bertz CT molecular complexity index is 396. The summed E-state index contributed by atoms with van der Waals surface area (Å²) in [7, 11) is 1.36. The standard InChI is InChI=1S/C13H24O11/c1-21-2-4-6(14)9(17)11(19)13(24-4)22-3-5-7(15)8(16)10(18)12(20)23-5/h4-20H,2-3H2,1H3. The summed E-state index contributed by atoms with van der Waals surface area (Å²) >= 11 is 0. The van der Waals surface area contributed by atoms with Gasteiger partial charge in [-0.15, -0.1) is 0 Å². The number of ether oxygens (including phenoxy) is 4. The van der Waals surface area contributed by atoms with Crippen molar-refractivity contribution in [3.63, 3.8) is 0 Å². The van der Waals surface area contributed by atoms with Gasteiger partial charge in [-0.05, 0) is 0 Å². The van der Waals surface area contributed by atoms with Gasteiger partial charge in [0.05, 0.1) is 13.2 Å². The van der Waals surface area contributed by atoms with Gasteiger partial charge in [0.1, 0.15) is 48.8 Å². The van der Waals surface area contributed by atoms with Crippen molar-refractivity contribution in [3.05, 3.63) is 0 Å². The highest BCUT2D eigenvalue weighted by Crippen LogP contribution is 2.25. The summed E-state index contributed by atoms with van der Waals surface area (Å²) in [6.07, 6.45) is -14.6. The number of aliphatic hydroxyl groups is 7. The minimum absolute atomic E-state index is 0.0586. The topological polar surface area (TPSA) is 179 Å². The fourth-order valence-corrected chi connectivity index (χ4v) is 2.61. The van der Waals surface area contributed by atoms with Crippen LogP contribution in [0, 0.1) is 0 Å². The Hall–Kier alpha value is -0.440. The zero-order chi connectivity index (χ0) is 18.0. The van der Waals surface area contributed by atoms with E-state index in [9.17, 15) is 35.7 Å². The lowest BCUT2D eigenvalue weighted by Gasteiger charge is -2.42. The molecule has 11 nitrogen and oxygen atoms in total. The summed E-state index contributed by atoms with van der Waals surface area (Å²) in [4.78, 5) is 0. The lowest BCUT2D eigenvalue weighted by Crippen LogP contribution is -2.61. The summed E-state index contributed by atoms with van der Waals surface area (Å²) in [6, 6.07) is 0. The molecule has 2 aliphatic rings. The largest absolute Gasteiger partial charge is 0.387 e. The highest BCUT2D eigenvalue weighted by Gasteiger charge is 2.46. The van der Waals surface area contributed by atoms with Gasteiger partial charge in [-0.25, -0.2) is 0 Å². The molecule has 0 saturated carbocycles. The van der Waals surface area contributed by atoms with Crippen molar-refractivity contribution in [2.45, 2.75) is 61.4 Å². The second-order valence-corrected chi connectivity index (χ2v) is 5.84. The summed E-state index contributed by atoms with van der Waals surface area (Å²) in [6.45, 7) is -0.483. The van der Waals surface area contributed by atoms with Gasteiger partial charge in [0.25, 0.3) is 0 Å². The highest BCUT2D eigenvalue weighted by molar-refractivity contribution is 4.91. The molecule has 0 aromatic rings. The molecule has 0 spiro atoms. The minimum Gasteiger partial charge on any atom is -0.387 e. The van der Waals surface area contributed by atoms with Gasteiger partial charge < -0.3 is 54.7 Å². The first kappa shape index (κ1) is 19.9. The lowest BCUT2D eigenvalue weighted by molar-refractivity contribution is -0.326. The molecule has 2 fully saturated rings. The molecular formula is C13H24O11. The molecule has 2 heterocycles. The van der Waals surface area contributed by atoms with Crippen molar-refractivity contribution in [1.82, 2.24) is 0 Å². The Labute approximate surface area is 137 Å². The number of rotatable bonds is 5. The lowest BCUT2D eigenvalue weighted by atomic mass is 9.98. The van der Waals surface area contributed by atoms with Gasteiger partial charge in [-0.2, -0.15) is 0 Å². The van der Waals surface area contributed by atoms with Gasteiger partial charge in [-0.1, -0.05) is 0 Å². The molecule has 0 radical (unpaired) electrons. The molecule has 0 aromatic carbocycles. The molecule has 0 amide bonds. The zero-order valence-corrected chi connectivity index (χ0v) is 13.0. The van der Waals surface area contributed by atoms with E-state index in [0.717, 1.165) is 0 Å². The van der Waals surface area contributed by atoms with E-state index < -0.39 is 68.0 Å². The van der Waals surface area contributed by atoms with Gasteiger partial charge in [-0.3, -0.25) is 0 Å². The molecule has 2 rings (SSSR count). The van der Waals surface area contributed by atoms with E-state index in [1.165, 1.54) is 7.11 Å². The molecule has 2 aliphatic heterocycles. The SMILES string of the molecule is COCC1OC(OCC2OC(O)C(O)C(O)C2O)C(O)C(O)C1O. The van der Waals surface area contributed by atoms with Crippen LogP contribution >= 0.6 is 0 Å². The van der Waals surface area contributed by atoms with Crippen molar-refractivity contribution in [2.24, 2.45) is 0 Å². The molecule has 2 saturated heterocycles. The number of aliphatic hydroxyl groups excluding tert-OH is 7. The van der Waals surface area contributed by atoms with Crippen LogP contribution in [0.5, 0.6) is 0 Å². The molecule has 7 N–H and O–H groups in total. The van der Waals surface area contributed by atoms with Crippen LogP contribution in [0.15, 0.2) is 0 Å². The molecular weight excluding hydrogens is 332 g/mol. The van der Waals surface area contributed by atoms with Crippen molar-refractivity contribution in [1.29, 1.82) is 0 Å². The molecule has 10 atom stereocenters. The summed E-state index contributed by atoms with van der Waals surface area (Å²) in [5, 5.41) is 67.7. The Morgan fingerprint density at radius 3 is 1.79 bits per heavy atom. The predicted octanol–water partition coefficient (Wildman–Crippen LogP) is -4.74. The van der Waals surface area contributed by atoms with Crippen molar-refractivity contribution < 1.29 is 54.7 Å². The molecule has 142 valence electrons. The third-order valence-electron chi connectivity index (χ3n) is 4.11. The zero-order valence-electron chi connectivity index (χ0n) is 13.0. The first-order chi connectivity index (χ1) is 11.3. The van der Waals surface area contributed by atoms with E-state index in [0.29, 0.717) is 0 Å². The predicted molar refractivity (Wildman–Crippen MR) is 73.4 cm³/mol. The van der Waals surface area contributed by atoms with E-state index in [1.54, 1.807) is 0 Å². The second-order valence-electron chi connectivity index (χ2n) is 5.84. The Balaban J connectivity index is 1.94. The smallest absolute Gasteiger partial charge is 0.186 e.